The van der Waals surface area contributed by atoms with E-state index in [1.54, 1.807) is 31.2 Å². The van der Waals surface area contributed by atoms with Crippen molar-refractivity contribution in [1.82, 2.24) is 9.97 Å². The molecule has 0 saturated carbocycles. The molecule has 1 aromatic heterocycles. The Bertz CT molecular complexity index is 890. The number of nitrogens with zero attached hydrogens (tertiary/aromatic N) is 1. The molecule has 8 heteroatoms. The van der Waals surface area contributed by atoms with Crippen LogP contribution in [-0.2, 0) is 4.79 Å². The third-order valence-corrected chi connectivity index (χ3v) is 3.44. The van der Waals surface area contributed by atoms with Gasteiger partial charge in [-0.1, -0.05) is 11.6 Å². The van der Waals surface area contributed by atoms with Crippen molar-refractivity contribution in [3.63, 3.8) is 0 Å². The van der Waals surface area contributed by atoms with E-state index in [4.69, 9.17) is 21.1 Å². The van der Waals surface area contributed by atoms with E-state index in [0.29, 0.717) is 27.8 Å². The number of H-pyrrole nitrogens is 1. The number of hydrogen-bond donors (Lipinski definition) is 2. The quantitative estimate of drug-likeness (QED) is 0.754. The van der Waals surface area contributed by atoms with Crippen molar-refractivity contribution in [3.8, 4) is 11.5 Å². The number of benzene rings is 1. The molecule has 0 unspecified atom stereocenters. The Kier molecular flexibility index (Phi) is 6.41. The molecular weight excluding hydrogens is 358 g/mol. The number of anilines is 1. The lowest BCUT2D eigenvalue weighted by molar-refractivity contribution is -0.111. The average molecular weight is 378 g/mol. The second kappa shape index (κ2) is 8.53. The number of aromatic nitrogens is 2. The maximum Gasteiger partial charge on any atom is 0.347 e. The first-order valence-corrected chi connectivity index (χ1v) is 8.27. The van der Waals surface area contributed by atoms with E-state index < -0.39 is 11.6 Å². The van der Waals surface area contributed by atoms with Crippen molar-refractivity contribution in [3.05, 3.63) is 51.0 Å². The van der Waals surface area contributed by atoms with Gasteiger partial charge in [0.15, 0.2) is 11.5 Å². The van der Waals surface area contributed by atoms with Gasteiger partial charge in [0.1, 0.15) is 5.82 Å². The lowest BCUT2D eigenvalue weighted by Gasteiger charge is -2.15. The summed E-state index contributed by atoms with van der Waals surface area (Å²) in [5, 5.41) is 2.91. The molecule has 0 atom stereocenters. The van der Waals surface area contributed by atoms with Gasteiger partial charge in [0.25, 0.3) is 0 Å². The molecular formula is C18H20ClN3O4. The Hall–Kier alpha value is -2.80. The number of rotatable bonds is 6. The molecule has 1 aromatic carbocycles. The predicted octanol–water partition coefficient (Wildman–Crippen LogP) is 3.18. The Balaban J connectivity index is 2.17. The monoisotopic (exact) mass is 377 g/mol. The molecule has 1 heterocycles. The van der Waals surface area contributed by atoms with E-state index in [-0.39, 0.29) is 11.9 Å². The first-order chi connectivity index (χ1) is 12.3. The van der Waals surface area contributed by atoms with Crippen molar-refractivity contribution in [2.45, 2.75) is 26.9 Å². The molecule has 0 radical (unpaired) electrons. The van der Waals surface area contributed by atoms with Crippen molar-refractivity contribution in [1.29, 1.82) is 0 Å². The minimum atomic E-state index is -0.526. The molecule has 0 aliphatic rings. The number of hydrogen-bond acceptors (Lipinski definition) is 5. The maximum absolute atomic E-state index is 12.0. The summed E-state index contributed by atoms with van der Waals surface area (Å²) in [5.74, 6) is 0.671. The van der Waals surface area contributed by atoms with Gasteiger partial charge in [-0.2, -0.15) is 4.98 Å². The van der Waals surface area contributed by atoms with Crippen LogP contribution in [0.4, 0.5) is 5.82 Å². The van der Waals surface area contributed by atoms with E-state index in [1.165, 1.54) is 13.2 Å². The standard InChI is InChI=1S/C18H20ClN3O4/c1-10(2)26-17-13(19)8-12(9-14(17)25-4)5-6-16(23)21-15-7-11(3)20-18(24)22-15/h5-10H,1-4H3,(H2,20,21,22,23,24)/b6-5+. The molecule has 7 nitrogen and oxygen atoms in total. The SMILES string of the molecule is COc1cc(/C=C/C(=O)Nc2cc(C)[nH]c(=O)n2)cc(Cl)c1OC(C)C. The van der Waals surface area contributed by atoms with Gasteiger partial charge < -0.3 is 19.8 Å². The van der Waals surface area contributed by atoms with Gasteiger partial charge in [-0.3, -0.25) is 4.79 Å². The fourth-order valence-electron chi connectivity index (χ4n) is 2.17. The van der Waals surface area contributed by atoms with Crippen molar-refractivity contribution >= 4 is 29.4 Å². The van der Waals surface area contributed by atoms with Crippen LogP contribution in [0, 0.1) is 6.92 Å². The topological polar surface area (TPSA) is 93.3 Å². The highest BCUT2D eigenvalue weighted by Crippen LogP contribution is 2.37. The summed E-state index contributed by atoms with van der Waals surface area (Å²) in [4.78, 5) is 29.5. The zero-order chi connectivity index (χ0) is 19.3. The van der Waals surface area contributed by atoms with Crippen LogP contribution in [0.5, 0.6) is 11.5 Å². The van der Waals surface area contributed by atoms with Crippen LogP contribution in [0.25, 0.3) is 6.08 Å². The number of methoxy groups -OCH3 is 1. The Labute approximate surface area is 156 Å². The second-order valence-electron chi connectivity index (χ2n) is 5.78. The molecule has 26 heavy (non-hydrogen) atoms. The summed E-state index contributed by atoms with van der Waals surface area (Å²) in [6.07, 6.45) is 2.83. The fraction of sp³-hybridized carbons (Fsp3) is 0.278. The van der Waals surface area contributed by atoms with Crippen LogP contribution in [-0.4, -0.2) is 29.1 Å². The molecule has 0 bridgehead atoms. The van der Waals surface area contributed by atoms with Gasteiger partial charge in [0, 0.05) is 17.8 Å². The molecule has 0 aliphatic heterocycles. The van der Waals surface area contributed by atoms with Gasteiger partial charge in [-0.05, 0) is 44.5 Å². The smallest absolute Gasteiger partial charge is 0.347 e. The number of carbonyl (C=O) groups is 1. The van der Waals surface area contributed by atoms with Crippen LogP contribution in [0.1, 0.15) is 25.1 Å². The highest BCUT2D eigenvalue weighted by atomic mass is 35.5. The molecule has 138 valence electrons. The normalized spacial score (nSPS) is 11.0. The minimum absolute atomic E-state index is 0.0569. The molecule has 0 saturated heterocycles. The van der Waals surface area contributed by atoms with E-state index in [9.17, 15) is 9.59 Å². The van der Waals surface area contributed by atoms with Crippen molar-refractivity contribution in [2.75, 3.05) is 12.4 Å². The van der Waals surface area contributed by atoms with Gasteiger partial charge in [-0.15, -0.1) is 0 Å². The summed E-state index contributed by atoms with van der Waals surface area (Å²) in [7, 11) is 1.51. The summed E-state index contributed by atoms with van der Waals surface area (Å²) >= 11 is 6.25. The molecule has 1 amide bonds. The first-order valence-electron chi connectivity index (χ1n) is 7.89. The molecule has 0 fully saturated rings. The van der Waals surface area contributed by atoms with Crippen LogP contribution in [0.2, 0.25) is 5.02 Å². The number of nitrogens with one attached hydrogen (secondary N) is 2. The highest BCUT2D eigenvalue weighted by molar-refractivity contribution is 6.32. The van der Waals surface area contributed by atoms with Crippen LogP contribution < -0.4 is 20.5 Å². The fourth-order valence-corrected chi connectivity index (χ4v) is 2.43. The number of ether oxygens (including phenoxy) is 2. The van der Waals surface area contributed by atoms with E-state index >= 15 is 0 Å². The summed E-state index contributed by atoms with van der Waals surface area (Å²) in [5.41, 5.74) is 0.733. The Morgan fingerprint density at radius 2 is 2.08 bits per heavy atom. The summed E-state index contributed by atoms with van der Waals surface area (Å²) in [6.45, 7) is 5.47. The number of carbonyl (C=O) groups excluding carboxylic acids is 1. The highest BCUT2D eigenvalue weighted by Gasteiger charge is 2.13. The van der Waals surface area contributed by atoms with E-state index in [2.05, 4.69) is 15.3 Å². The van der Waals surface area contributed by atoms with E-state index in [1.807, 2.05) is 13.8 Å². The molecule has 2 aromatic rings. The number of amides is 1. The van der Waals surface area contributed by atoms with Crippen molar-refractivity contribution < 1.29 is 14.3 Å². The maximum atomic E-state index is 12.0. The van der Waals surface area contributed by atoms with Crippen LogP contribution in [0.15, 0.2) is 29.1 Å². The first kappa shape index (κ1) is 19.5. The molecule has 0 aliphatic carbocycles. The average Bonchev–Trinajstić information content (AvgIpc) is 2.53. The predicted molar refractivity (Wildman–Crippen MR) is 101 cm³/mol. The van der Waals surface area contributed by atoms with Crippen molar-refractivity contribution in [2.24, 2.45) is 0 Å². The third-order valence-electron chi connectivity index (χ3n) is 3.16. The number of aryl methyl sites for hydroxylation is 1. The Morgan fingerprint density at radius 1 is 1.35 bits per heavy atom. The van der Waals surface area contributed by atoms with Gasteiger partial charge in [0.05, 0.1) is 18.2 Å². The summed E-state index contributed by atoms with van der Waals surface area (Å²) in [6, 6.07) is 4.94. The molecule has 2 N–H and O–H groups in total. The van der Waals surface area contributed by atoms with Crippen LogP contribution in [0.3, 0.4) is 0 Å². The van der Waals surface area contributed by atoms with Crippen LogP contribution >= 0.6 is 11.6 Å². The van der Waals surface area contributed by atoms with E-state index in [0.717, 1.165) is 0 Å². The third kappa shape index (κ3) is 5.35. The summed E-state index contributed by atoms with van der Waals surface area (Å²) < 4.78 is 11.0. The number of aromatic amines is 1. The lowest BCUT2D eigenvalue weighted by Crippen LogP contribution is -2.17. The zero-order valence-corrected chi connectivity index (χ0v) is 15.7. The van der Waals surface area contributed by atoms with Gasteiger partial charge in [-0.25, -0.2) is 4.79 Å². The number of halogens is 1. The second-order valence-corrected chi connectivity index (χ2v) is 6.19. The van der Waals surface area contributed by atoms with Gasteiger partial charge in [0.2, 0.25) is 5.91 Å². The molecule has 0 spiro atoms. The molecule has 2 rings (SSSR count). The largest absolute Gasteiger partial charge is 0.493 e. The lowest BCUT2D eigenvalue weighted by atomic mass is 10.2. The minimum Gasteiger partial charge on any atom is -0.493 e. The van der Waals surface area contributed by atoms with Gasteiger partial charge >= 0.3 is 5.69 Å². The zero-order valence-electron chi connectivity index (χ0n) is 14.9. The Morgan fingerprint density at radius 3 is 2.69 bits per heavy atom.